The van der Waals surface area contributed by atoms with Crippen LogP contribution >= 0.6 is 0 Å². The van der Waals surface area contributed by atoms with Crippen LogP contribution in [0.4, 0.5) is 11.4 Å². The Morgan fingerprint density at radius 1 is 0.714 bits per heavy atom. The van der Waals surface area contributed by atoms with E-state index in [4.69, 9.17) is 14.2 Å². The van der Waals surface area contributed by atoms with Crippen molar-refractivity contribution in [2.24, 2.45) is 0 Å². The van der Waals surface area contributed by atoms with Crippen LogP contribution in [0.5, 0.6) is 11.5 Å². The van der Waals surface area contributed by atoms with Gasteiger partial charge in [0.05, 0.1) is 12.7 Å². The van der Waals surface area contributed by atoms with E-state index in [9.17, 15) is 19.2 Å². The van der Waals surface area contributed by atoms with Gasteiger partial charge in [-0.15, -0.1) is 0 Å². The largest absolute Gasteiger partial charge is 0.497 e. The molecule has 3 aromatic rings. The topological polar surface area (TPSA) is 120 Å². The van der Waals surface area contributed by atoms with E-state index in [1.165, 1.54) is 44.4 Å². The summed E-state index contributed by atoms with van der Waals surface area (Å²) in [4.78, 5) is 47.8. The van der Waals surface area contributed by atoms with Crippen LogP contribution in [0.1, 0.15) is 27.6 Å². The molecular formula is C26H24N2O7. The van der Waals surface area contributed by atoms with Crippen LogP contribution in [0.15, 0.2) is 72.8 Å². The van der Waals surface area contributed by atoms with Crippen LogP contribution in [0.3, 0.4) is 0 Å². The Morgan fingerprint density at radius 2 is 1.34 bits per heavy atom. The van der Waals surface area contributed by atoms with Crippen molar-refractivity contribution in [3.63, 3.8) is 0 Å². The molecule has 180 valence electrons. The molecule has 3 aromatic carbocycles. The lowest BCUT2D eigenvalue weighted by Gasteiger charge is -2.09. The molecule has 0 heterocycles. The summed E-state index contributed by atoms with van der Waals surface area (Å²) >= 11 is 0. The Hall–Kier alpha value is -4.66. The highest BCUT2D eigenvalue weighted by Gasteiger charge is 2.12. The number of amides is 2. The molecule has 2 N–H and O–H groups in total. The summed E-state index contributed by atoms with van der Waals surface area (Å²) in [5.74, 6) is -0.726. The molecule has 0 aliphatic carbocycles. The van der Waals surface area contributed by atoms with Gasteiger partial charge in [-0.25, -0.2) is 4.79 Å². The predicted molar refractivity (Wildman–Crippen MR) is 129 cm³/mol. The molecule has 0 radical (unpaired) electrons. The number of methoxy groups -OCH3 is 1. The zero-order valence-electron chi connectivity index (χ0n) is 19.2. The fraction of sp³-hybridized carbons (Fsp3) is 0.154. The maximum absolute atomic E-state index is 12.2. The SMILES string of the molecule is COc1cccc(NC(=O)COc2ccc(C(=O)OCC(=O)Nc3cccc(C(C)=O)c3)cc2)c1. The van der Waals surface area contributed by atoms with Crippen molar-refractivity contribution >= 4 is 34.9 Å². The minimum atomic E-state index is -0.694. The Kier molecular flexibility index (Phi) is 8.55. The van der Waals surface area contributed by atoms with Gasteiger partial charge in [0.2, 0.25) is 0 Å². The summed E-state index contributed by atoms with van der Waals surface area (Å²) in [6.45, 7) is 0.702. The van der Waals surface area contributed by atoms with Gasteiger partial charge in [0.1, 0.15) is 11.5 Å². The van der Waals surface area contributed by atoms with E-state index < -0.39 is 18.5 Å². The van der Waals surface area contributed by atoms with E-state index >= 15 is 0 Å². The van der Waals surface area contributed by atoms with E-state index in [0.29, 0.717) is 28.4 Å². The average molecular weight is 476 g/mol. The van der Waals surface area contributed by atoms with Crippen molar-refractivity contribution in [1.82, 2.24) is 0 Å². The predicted octanol–water partition coefficient (Wildman–Crippen LogP) is 3.71. The summed E-state index contributed by atoms with van der Waals surface area (Å²) in [6.07, 6.45) is 0. The monoisotopic (exact) mass is 476 g/mol. The molecule has 0 spiro atoms. The zero-order chi connectivity index (χ0) is 25.2. The van der Waals surface area contributed by atoms with E-state index in [2.05, 4.69) is 10.6 Å². The van der Waals surface area contributed by atoms with E-state index in [1.807, 2.05) is 0 Å². The Labute approximate surface area is 202 Å². The van der Waals surface area contributed by atoms with Gasteiger partial charge in [0, 0.05) is 23.0 Å². The number of carbonyl (C=O) groups is 4. The summed E-state index contributed by atoms with van der Waals surface area (Å²) in [5.41, 5.74) is 1.67. The van der Waals surface area contributed by atoms with Crippen LogP contribution < -0.4 is 20.1 Å². The lowest BCUT2D eigenvalue weighted by molar-refractivity contribution is -0.119. The number of rotatable bonds is 10. The van der Waals surface area contributed by atoms with Gasteiger partial charge in [0.15, 0.2) is 19.0 Å². The number of esters is 1. The standard InChI is InChI=1S/C26H24N2O7/c1-17(29)19-5-3-6-20(13-19)27-25(31)16-35-26(32)18-9-11-22(12-10-18)34-15-24(30)28-21-7-4-8-23(14-21)33-2/h3-14H,15-16H2,1-2H3,(H,27,31)(H,28,30). The first-order valence-electron chi connectivity index (χ1n) is 10.6. The van der Waals surface area contributed by atoms with E-state index in [1.54, 1.807) is 42.5 Å². The van der Waals surface area contributed by atoms with Crippen LogP contribution in [-0.4, -0.2) is 43.9 Å². The molecule has 0 saturated heterocycles. The van der Waals surface area contributed by atoms with Gasteiger partial charge in [-0.2, -0.15) is 0 Å². The average Bonchev–Trinajstić information content (AvgIpc) is 2.86. The molecule has 2 amide bonds. The second kappa shape index (κ2) is 12.0. The molecule has 3 rings (SSSR count). The zero-order valence-corrected chi connectivity index (χ0v) is 19.2. The lowest BCUT2D eigenvalue weighted by atomic mass is 10.1. The quantitative estimate of drug-likeness (QED) is 0.338. The highest BCUT2D eigenvalue weighted by atomic mass is 16.5. The summed E-state index contributed by atoms with van der Waals surface area (Å²) < 4.78 is 15.6. The van der Waals surface area contributed by atoms with Gasteiger partial charge in [-0.1, -0.05) is 18.2 Å². The minimum absolute atomic E-state index is 0.127. The molecule has 0 saturated carbocycles. The Bertz CT molecular complexity index is 1220. The molecule has 0 aliphatic heterocycles. The third kappa shape index (κ3) is 7.71. The smallest absolute Gasteiger partial charge is 0.338 e. The first-order chi connectivity index (χ1) is 16.8. The summed E-state index contributed by atoms with van der Waals surface area (Å²) in [5, 5.41) is 5.27. The van der Waals surface area contributed by atoms with Gasteiger partial charge in [-0.05, 0) is 55.5 Å². The van der Waals surface area contributed by atoms with Crippen LogP contribution in [0, 0.1) is 0 Å². The fourth-order valence-electron chi connectivity index (χ4n) is 2.96. The van der Waals surface area contributed by atoms with E-state index in [0.717, 1.165) is 0 Å². The number of hydrogen-bond donors (Lipinski definition) is 2. The normalized spacial score (nSPS) is 10.1. The number of ketones is 1. The van der Waals surface area contributed by atoms with Gasteiger partial charge >= 0.3 is 5.97 Å². The summed E-state index contributed by atoms with van der Waals surface area (Å²) in [6, 6.07) is 19.3. The van der Waals surface area contributed by atoms with E-state index in [-0.39, 0.29) is 23.9 Å². The number of Topliss-reactive ketones (excluding diaryl/α,β-unsaturated/α-hetero) is 1. The van der Waals surface area contributed by atoms with Crippen molar-refractivity contribution in [1.29, 1.82) is 0 Å². The minimum Gasteiger partial charge on any atom is -0.497 e. The van der Waals surface area contributed by atoms with Crippen molar-refractivity contribution in [2.45, 2.75) is 6.92 Å². The van der Waals surface area contributed by atoms with Gasteiger partial charge in [-0.3, -0.25) is 14.4 Å². The lowest BCUT2D eigenvalue weighted by Crippen LogP contribution is -2.21. The highest BCUT2D eigenvalue weighted by molar-refractivity contribution is 5.98. The number of benzene rings is 3. The van der Waals surface area contributed by atoms with Crippen molar-refractivity contribution < 1.29 is 33.4 Å². The highest BCUT2D eigenvalue weighted by Crippen LogP contribution is 2.17. The molecule has 0 unspecified atom stereocenters. The van der Waals surface area contributed by atoms with Crippen LogP contribution in [-0.2, 0) is 14.3 Å². The molecule has 0 aromatic heterocycles. The van der Waals surface area contributed by atoms with Crippen molar-refractivity contribution in [2.75, 3.05) is 31.0 Å². The Morgan fingerprint density at radius 3 is 2.00 bits per heavy atom. The number of carbonyl (C=O) groups excluding carboxylic acids is 4. The maximum atomic E-state index is 12.2. The Balaban J connectivity index is 1.44. The first-order valence-corrected chi connectivity index (χ1v) is 10.6. The van der Waals surface area contributed by atoms with Crippen molar-refractivity contribution in [3.8, 4) is 11.5 Å². The molecule has 0 bridgehead atoms. The number of nitrogens with one attached hydrogen (secondary N) is 2. The second-order valence-electron chi connectivity index (χ2n) is 7.35. The molecule has 0 fully saturated rings. The van der Waals surface area contributed by atoms with Crippen molar-refractivity contribution in [3.05, 3.63) is 83.9 Å². The number of ether oxygens (including phenoxy) is 3. The maximum Gasteiger partial charge on any atom is 0.338 e. The third-order valence-electron chi connectivity index (χ3n) is 4.70. The first kappa shape index (κ1) is 25.0. The molecule has 35 heavy (non-hydrogen) atoms. The second-order valence-corrected chi connectivity index (χ2v) is 7.35. The van der Waals surface area contributed by atoms with Crippen LogP contribution in [0.25, 0.3) is 0 Å². The molecule has 9 heteroatoms. The molecule has 0 atom stereocenters. The number of anilines is 2. The number of hydrogen-bond acceptors (Lipinski definition) is 7. The molecule has 0 aliphatic rings. The van der Waals surface area contributed by atoms with Gasteiger partial charge in [0.25, 0.3) is 11.8 Å². The molecular weight excluding hydrogens is 452 g/mol. The summed E-state index contributed by atoms with van der Waals surface area (Å²) in [7, 11) is 1.54. The van der Waals surface area contributed by atoms with Crippen LogP contribution in [0.2, 0.25) is 0 Å². The fourth-order valence-corrected chi connectivity index (χ4v) is 2.96. The third-order valence-corrected chi connectivity index (χ3v) is 4.70. The van der Waals surface area contributed by atoms with Gasteiger partial charge < -0.3 is 24.8 Å². The molecule has 9 nitrogen and oxygen atoms in total.